The Morgan fingerprint density at radius 1 is 1.37 bits per heavy atom. The number of rotatable bonds is 4. The van der Waals surface area contributed by atoms with Crippen molar-refractivity contribution in [3.05, 3.63) is 53.5 Å². The van der Waals surface area contributed by atoms with Gasteiger partial charge in [0.2, 0.25) is 12.3 Å². The molecule has 154 valence electrons. The highest BCUT2D eigenvalue weighted by Gasteiger charge is 2.32. The van der Waals surface area contributed by atoms with Gasteiger partial charge in [-0.1, -0.05) is 17.0 Å². The summed E-state index contributed by atoms with van der Waals surface area (Å²) in [7, 11) is 0. The van der Waals surface area contributed by atoms with E-state index in [0.29, 0.717) is 29.4 Å². The molecule has 9 nitrogen and oxygen atoms in total. The van der Waals surface area contributed by atoms with Crippen LogP contribution in [0.1, 0.15) is 30.9 Å². The smallest absolute Gasteiger partial charge is 0.221 e. The number of anilines is 4. The van der Waals surface area contributed by atoms with Crippen LogP contribution in [0.3, 0.4) is 0 Å². The van der Waals surface area contributed by atoms with Crippen molar-refractivity contribution in [3.8, 4) is 11.8 Å². The van der Waals surface area contributed by atoms with Crippen LogP contribution >= 0.6 is 0 Å². The van der Waals surface area contributed by atoms with Crippen LogP contribution in [0.15, 0.2) is 41.1 Å². The highest BCUT2D eigenvalue weighted by atomic mass is 16.5. The molecular weight excluding hydrogens is 384 g/mol. The van der Waals surface area contributed by atoms with Crippen molar-refractivity contribution >= 4 is 23.1 Å². The number of hydrogen-bond donors (Lipinski definition) is 3. The van der Waals surface area contributed by atoms with Crippen molar-refractivity contribution in [1.82, 2.24) is 15.1 Å². The van der Waals surface area contributed by atoms with Gasteiger partial charge in [0.15, 0.2) is 5.60 Å². The third-order valence-corrected chi connectivity index (χ3v) is 4.58. The maximum Gasteiger partial charge on any atom is 0.221 e. The predicted octanol–water partition coefficient (Wildman–Crippen LogP) is 2.50. The molecule has 3 aromatic rings. The summed E-state index contributed by atoms with van der Waals surface area (Å²) in [6, 6.07) is 9.09. The highest BCUT2D eigenvalue weighted by molar-refractivity contribution is 5.82. The molecule has 0 amide bonds. The van der Waals surface area contributed by atoms with Crippen LogP contribution in [-0.2, 0) is 10.3 Å². The molecule has 0 radical (unpaired) electrons. The number of benzene rings is 1. The van der Waals surface area contributed by atoms with Crippen LogP contribution in [0.25, 0.3) is 0 Å². The number of aryl methyl sites for hydroxylation is 1. The Morgan fingerprint density at radius 2 is 2.20 bits per heavy atom. The molecule has 1 aromatic carbocycles. The molecular formula is C21H22N6O3. The average molecular weight is 406 g/mol. The minimum absolute atomic E-state index is 0.172. The molecule has 0 spiro atoms. The summed E-state index contributed by atoms with van der Waals surface area (Å²) >= 11 is 0. The maximum absolute atomic E-state index is 10.7. The second-order valence-electron chi connectivity index (χ2n) is 6.97. The first kappa shape index (κ1) is 19.7. The van der Waals surface area contributed by atoms with E-state index in [0.717, 1.165) is 11.4 Å². The maximum atomic E-state index is 10.7. The number of ether oxygens (including phenoxy) is 1. The Hall–Kier alpha value is -3.61. The molecule has 9 heteroatoms. The number of aromatic nitrogens is 3. The lowest BCUT2D eigenvalue weighted by atomic mass is 10.0. The summed E-state index contributed by atoms with van der Waals surface area (Å²) in [6.45, 7) is 5.77. The van der Waals surface area contributed by atoms with E-state index in [2.05, 4.69) is 32.3 Å². The lowest BCUT2D eigenvalue weighted by Gasteiger charge is -2.25. The SMILES string of the molecule is CCOC1Nc2ccc(C#CC(C)(O)c3cc(C)on3)cc2N1c1ccnc(N)n1. The first-order valence-corrected chi connectivity index (χ1v) is 9.46. The molecule has 0 aliphatic carbocycles. The number of hydrogen-bond acceptors (Lipinski definition) is 9. The first-order chi connectivity index (χ1) is 14.4. The summed E-state index contributed by atoms with van der Waals surface area (Å²) in [4.78, 5) is 10.2. The van der Waals surface area contributed by atoms with Crippen molar-refractivity contribution in [1.29, 1.82) is 0 Å². The minimum atomic E-state index is -1.44. The van der Waals surface area contributed by atoms with Gasteiger partial charge in [-0.05, 0) is 45.0 Å². The van der Waals surface area contributed by atoms with E-state index < -0.39 is 12.0 Å². The molecule has 2 atom stereocenters. The molecule has 4 rings (SSSR count). The summed E-state index contributed by atoms with van der Waals surface area (Å²) in [6.07, 6.45) is 1.16. The monoisotopic (exact) mass is 406 g/mol. The summed E-state index contributed by atoms with van der Waals surface area (Å²) < 4.78 is 10.9. The largest absolute Gasteiger partial charge is 0.372 e. The van der Waals surface area contributed by atoms with Crippen molar-refractivity contribution in [2.75, 3.05) is 22.6 Å². The molecule has 0 bridgehead atoms. The number of nitrogens with one attached hydrogen (secondary N) is 1. The number of nitrogens with two attached hydrogens (primary N) is 1. The molecule has 3 heterocycles. The van der Waals surface area contributed by atoms with E-state index in [9.17, 15) is 5.11 Å². The van der Waals surface area contributed by atoms with Crippen LogP contribution in [0, 0.1) is 18.8 Å². The number of aliphatic hydroxyl groups is 1. The zero-order chi connectivity index (χ0) is 21.3. The van der Waals surface area contributed by atoms with Gasteiger partial charge in [-0.15, -0.1) is 0 Å². The fourth-order valence-electron chi connectivity index (χ4n) is 3.12. The Morgan fingerprint density at radius 3 is 2.90 bits per heavy atom. The Bertz CT molecular complexity index is 1130. The van der Waals surface area contributed by atoms with Gasteiger partial charge in [0, 0.05) is 24.4 Å². The number of nitrogens with zero attached hydrogens (tertiary/aromatic N) is 4. The highest BCUT2D eigenvalue weighted by Crippen LogP contribution is 2.40. The number of nitrogen functional groups attached to an aromatic ring is 1. The second kappa shape index (κ2) is 7.67. The lowest BCUT2D eigenvalue weighted by molar-refractivity contribution is 0.0909. The van der Waals surface area contributed by atoms with E-state index in [1.807, 2.05) is 30.0 Å². The van der Waals surface area contributed by atoms with Gasteiger partial charge < -0.3 is 25.4 Å². The lowest BCUT2D eigenvalue weighted by Crippen LogP contribution is -2.35. The van der Waals surface area contributed by atoms with Gasteiger partial charge in [0.25, 0.3) is 0 Å². The predicted molar refractivity (Wildman–Crippen MR) is 112 cm³/mol. The van der Waals surface area contributed by atoms with Crippen molar-refractivity contribution in [2.24, 2.45) is 0 Å². The van der Waals surface area contributed by atoms with E-state index in [4.69, 9.17) is 15.0 Å². The van der Waals surface area contributed by atoms with Gasteiger partial charge >= 0.3 is 0 Å². The van der Waals surface area contributed by atoms with Crippen LogP contribution in [0.4, 0.5) is 23.1 Å². The zero-order valence-corrected chi connectivity index (χ0v) is 16.9. The van der Waals surface area contributed by atoms with E-state index in [-0.39, 0.29) is 5.95 Å². The fraction of sp³-hybridized carbons (Fsp3) is 0.286. The summed E-state index contributed by atoms with van der Waals surface area (Å²) in [5.41, 5.74) is 7.11. The van der Waals surface area contributed by atoms with Crippen LogP contribution in [0.2, 0.25) is 0 Å². The molecule has 0 fully saturated rings. The van der Waals surface area contributed by atoms with Gasteiger partial charge in [0.1, 0.15) is 17.3 Å². The molecule has 30 heavy (non-hydrogen) atoms. The third kappa shape index (κ3) is 3.78. The van der Waals surface area contributed by atoms with E-state index in [1.165, 1.54) is 0 Å². The van der Waals surface area contributed by atoms with E-state index >= 15 is 0 Å². The van der Waals surface area contributed by atoms with Gasteiger partial charge in [-0.25, -0.2) is 4.98 Å². The van der Waals surface area contributed by atoms with Crippen LogP contribution in [-0.4, -0.2) is 33.2 Å². The molecule has 1 aliphatic heterocycles. The zero-order valence-electron chi connectivity index (χ0n) is 16.9. The van der Waals surface area contributed by atoms with Crippen molar-refractivity contribution in [2.45, 2.75) is 32.7 Å². The second-order valence-corrected chi connectivity index (χ2v) is 6.97. The molecule has 4 N–H and O–H groups in total. The summed E-state index contributed by atoms with van der Waals surface area (Å²) in [5.74, 6) is 7.26. The topological polar surface area (TPSA) is 123 Å². The molecule has 0 saturated heterocycles. The van der Waals surface area contributed by atoms with Crippen molar-refractivity contribution < 1.29 is 14.4 Å². The van der Waals surface area contributed by atoms with E-state index in [1.54, 1.807) is 32.2 Å². The first-order valence-electron chi connectivity index (χ1n) is 9.46. The Balaban J connectivity index is 1.70. The molecule has 0 saturated carbocycles. The quantitative estimate of drug-likeness (QED) is 0.561. The molecule has 2 unspecified atom stereocenters. The van der Waals surface area contributed by atoms with Gasteiger partial charge in [-0.3, -0.25) is 4.90 Å². The standard InChI is InChI=1S/C21H22N6O3/c1-4-29-20-24-15-6-5-14(7-9-21(3,28)17-11-13(2)30-26-17)12-16(15)27(20)18-8-10-23-19(22)25-18/h5-6,8,10-12,20,24,28H,4H2,1-3H3,(H2,22,23,25). The van der Waals surface area contributed by atoms with Crippen LogP contribution in [0.5, 0.6) is 0 Å². The minimum Gasteiger partial charge on any atom is -0.372 e. The fourth-order valence-corrected chi connectivity index (χ4v) is 3.12. The van der Waals surface area contributed by atoms with Gasteiger partial charge in [-0.2, -0.15) is 4.98 Å². The number of fused-ring (bicyclic) bond motifs is 1. The Kier molecular flexibility index (Phi) is 5.03. The van der Waals surface area contributed by atoms with Gasteiger partial charge in [0.05, 0.1) is 11.4 Å². The molecule has 2 aromatic heterocycles. The third-order valence-electron chi connectivity index (χ3n) is 4.58. The molecule has 1 aliphatic rings. The average Bonchev–Trinajstić information content (AvgIpc) is 3.30. The van der Waals surface area contributed by atoms with Crippen LogP contribution < -0.4 is 16.0 Å². The van der Waals surface area contributed by atoms with Crippen molar-refractivity contribution in [3.63, 3.8) is 0 Å². The Labute approximate surface area is 173 Å². The summed E-state index contributed by atoms with van der Waals surface area (Å²) in [5, 5.41) is 17.8. The normalized spacial score (nSPS) is 16.9.